The van der Waals surface area contributed by atoms with Gasteiger partial charge in [0.2, 0.25) is 0 Å². The summed E-state index contributed by atoms with van der Waals surface area (Å²) in [4.78, 5) is 12.0. The molecule has 0 bridgehead atoms. The smallest absolute Gasteiger partial charge is 0.408 e. The van der Waals surface area contributed by atoms with E-state index >= 15 is 0 Å². The third-order valence-corrected chi connectivity index (χ3v) is 3.49. The molecule has 3 aromatic rings. The van der Waals surface area contributed by atoms with Crippen LogP contribution in [-0.4, -0.2) is 4.57 Å². The summed E-state index contributed by atoms with van der Waals surface area (Å²) >= 11 is 0. The van der Waals surface area contributed by atoms with E-state index in [2.05, 4.69) is 6.07 Å². The molecule has 1 heterocycles. The van der Waals surface area contributed by atoms with Gasteiger partial charge in [0, 0.05) is 11.8 Å². The Labute approximate surface area is 120 Å². The van der Waals surface area contributed by atoms with Crippen molar-refractivity contribution in [1.82, 2.24) is 4.57 Å². The highest BCUT2D eigenvalue weighted by Gasteiger charge is 2.11. The summed E-state index contributed by atoms with van der Waals surface area (Å²) in [5.74, 6) is -0.417. The number of hydrogen-bond acceptors (Lipinski definition) is 4. The number of nitrogen functional groups attached to an aromatic ring is 1. The van der Waals surface area contributed by atoms with E-state index < -0.39 is 5.76 Å². The fourth-order valence-corrected chi connectivity index (χ4v) is 2.35. The number of rotatable bonds is 2. The Hall–Kier alpha value is -3.00. The van der Waals surface area contributed by atoms with Crippen LogP contribution in [0.5, 0.6) is 0 Å². The molecule has 0 aliphatic heterocycles. The molecule has 5 heteroatoms. The van der Waals surface area contributed by atoms with Gasteiger partial charge in [-0.1, -0.05) is 6.07 Å². The number of anilines is 1. The summed E-state index contributed by atoms with van der Waals surface area (Å²) in [7, 11) is 0. The Morgan fingerprint density at radius 1 is 1.29 bits per heavy atom. The van der Waals surface area contributed by atoms with Crippen LogP contribution in [0.15, 0.2) is 45.6 Å². The minimum atomic E-state index is -0.417. The molecule has 0 spiro atoms. The lowest BCUT2D eigenvalue weighted by Crippen LogP contribution is -2.15. The standard InChI is InChI=1S/C16H13N3O2/c1-10-6-11(8-17)2-3-12(10)9-19-14-5-4-13(18)7-15(14)21-16(19)20/h2-7H,9,18H2,1H3. The van der Waals surface area contributed by atoms with E-state index in [4.69, 9.17) is 15.4 Å². The predicted octanol–water partition coefficient (Wildman–Crippen LogP) is 2.41. The number of oxazole rings is 1. The molecule has 104 valence electrons. The molecule has 0 atom stereocenters. The van der Waals surface area contributed by atoms with E-state index in [1.165, 1.54) is 0 Å². The van der Waals surface area contributed by atoms with Crippen LogP contribution < -0.4 is 11.5 Å². The lowest BCUT2D eigenvalue weighted by Gasteiger charge is -2.07. The molecule has 1 aromatic heterocycles. The Kier molecular flexibility index (Phi) is 2.99. The monoisotopic (exact) mass is 279 g/mol. The van der Waals surface area contributed by atoms with Gasteiger partial charge >= 0.3 is 5.76 Å². The topological polar surface area (TPSA) is 85.0 Å². The molecular formula is C16H13N3O2. The highest BCUT2D eigenvalue weighted by molar-refractivity contribution is 5.76. The number of hydrogen-bond donors (Lipinski definition) is 1. The first kappa shape index (κ1) is 13.0. The van der Waals surface area contributed by atoms with E-state index in [9.17, 15) is 4.79 Å². The van der Waals surface area contributed by atoms with Crippen LogP contribution in [-0.2, 0) is 6.54 Å². The molecular weight excluding hydrogens is 266 g/mol. The van der Waals surface area contributed by atoms with Crippen molar-refractivity contribution in [2.75, 3.05) is 5.73 Å². The van der Waals surface area contributed by atoms with Crippen LogP contribution in [0.3, 0.4) is 0 Å². The minimum Gasteiger partial charge on any atom is -0.408 e. The quantitative estimate of drug-likeness (QED) is 0.730. The molecule has 0 fully saturated rings. The number of benzene rings is 2. The van der Waals surface area contributed by atoms with E-state index in [1.807, 2.05) is 13.0 Å². The van der Waals surface area contributed by atoms with Gasteiger partial charge in [-0.2, -0.15) is 5.26 Å². The normalized spacial score (nSPS) is 10.7. The van der Waals surface area contributed by atoms with Gasteiger partial charge in [0.05, 0.1) is 23.7 Å². The number of nitrogens with zero attached hydrogens (tertiary/aromatic N) is 2. The zero-order valence-electron chi connectivity index (χ0n) is 11.5. The number of nitriles is 1. The third-order valence-electron chi connectivity index (χ3n) is 3.49. The second-order valence-electron chi connectivity index (χ2n) is 4.93. The number of aromatic nitrogens is 1. The second-order valence-corrected chi connectivity index (χ2v) is 4.93. The first-order valence-electron chi connectivity index (χ1n) is 6.47. The first-order chi connectivity index (χ1) is 10.1. The Balaban J connectivity index is 2.08. The average molecular weight is 279 g/mol. The zero-order valence-corrected chi connectivity index (χ0v) is 11.5. The van der Waals surface area contributed by atoms with Crippen LogP contribution in [0.2, 0.25) is 0 Å². The lowest BCUT2D eigenvalue weighted by molar-refractivity contribution is 0.517. The summed E-state index contributed by atoms with van der Waals surface area (Å²) in [6.07, 6.45) is 0. The van der Waals surface area contributed by atoms with Gasteiger partial charge in [0.25, 0.3) is 0 Å². The van der Waals surface area contributed by atoms with Crippen molar-refractivity contribution in [3.63, 3.8) is 0 Å². The van der Waals surface area contributed by atoms with Crippen molar-refractivity contribution < 1.29 is 4.42 Å². The van der Waals surface area contributed by atoms with E-state index in [0.717, 1.165) is 11.1 Å². The van der Waals surface area contributed by atoms with Gasteiger partial charge < -0.3 is 10.2 Å². The summed E-state index contributed by atoms with van der Waals surface area (Å²) in [5.41, 5.74) is 9.96. The molecule has 0 aliphatic carbocycles. The van der Waals surface area contributed by atoms with Crippen molar-refractivity contribution in [2.45, 2.75) is 13.5 Å². The lowest BCUT2D eigenvalue weighted by atomic mass is 10.1. The highest BCUT2D eigenvalue weighted by atomic mass is 16.4. The Bertz CT molecular complexity index is 929. The predicted molar refractivity (Wildman–Crippen MR) is 79.9 cm³/mol. The van der Waals surface area contributed by atoms with E-state index in [-0.39, 0.29) is 0 Å². The largest absolute Gasteiger partial charge is 0.420 e. The maximum Gasteiger partial charge on any atom is 0.420 e. The van der Waals surface area contributed by atoms with Gasteiger partial charge in [-0.05, 0) is 42.3 Å². The van der Waals surface area contributed by atoms with Crippen LogP contribution in [0.4, 0.5) is 5.69 Å². The van der Waals surface area contributed by atoms with E-state index in [0.29, 0.717) is 28.9 Å². The molecule has 2 N–H and O–H groups in total. The molecule has 0 unspecified atom stereocenters. The molecule has 0 aliphatic rings. The van der Waals surface area contributed by atoms with Gasteiger partial charge in [0.1, 0.15) is 0 Å². The number of aryl methyl sites for hydroxylation is 1. The minimum absolute atomic E-state index is 0.396. The van der Waals surface area contributed by atoms with Gasteiger partial charge in [-0.15, -0.1) is 0 Å². The molecule has 0 saturated carbocycles. The van der Waals surface area contributed by atoms with Gasteiger partial charge in [0.15, 0.2) is 5.58 Å². The van der Waals surface area contributed by atoms with Gasteiger partial charge in [-0.3, -0.25) is 4.57 Å². The fourth-order valence-electron chi connectivity index (χ4n) is 2.35. The molecule has 21 heavy (non-hydrogen) atoms. The van der Waals surface area contributed by atoms with Crippen molar-refractivity contribution in [2.24, 2.45) is 0 Å². The molecule has 0 radical (unpaired) electrons. The Morgan fingerprint density at radius 2 is 2.10 bits per heavy atom. The molecule has 0 saturated heterocycles. The van der Waals surface area contributed by atoms with Crippen molar-refractivity contribution in [3.8, 4) is 6.07 Å². The van der Waals surface area contributed by atoms with Crippen LogP contribution in [0, 0.1) is 18.3 Å². The molecule has 0 amide bonds. The van der Waals surface area contributed by atoms with Crippen molar-refractivity contribution >= 4 is 16.8 Å². The van der Waals surface area contributed by atoms with Crippen molar-refractivity contribution in [1.29, 1.82) is 5.26 Å². The average Bonchev–Trinajstić information content (AvgIpc) is 2.76. The summed E-state index contributed by atoms with van der Waals surface area (Å²) in [6.45, 7) is 2.31. The fraction of sp³-hybridized carbons (Fsp3) is 0.125. The number of fused-ring (bicyclic) bond motifs is 1. The summed E-state index contributed by atoms with van der Waals surface area (Å²) < 4.78 is 6.77. The molecule has 5 nitrogen and oxygen atoms in total. The van der Waals surface area contributed by atoms with Crippen LogP contribution >= 0.6 is 0 Å². The highest BCUT2D eigenvalue weighted by Crippen LogP contribution is 2.19. The van der Waals surface area contributed by atoms with E-state index in [1.54, 1.807) is 34.9 Å². The molecule has 3 rings (SSSR count). The molecule has 2 aromatic carbocycles. The first-order valence-corrected chi connectivity index (χ1v) is 6.47. The SMILES string of the molecule is Cc1cc(C#N)ccc1Cn1c(=O)oc2cc(N)ccc21. The zero-order chi connectivity index (χ0) is 15.0. The summed E-state index contributed by atoms with van der Waals surface area (Å²) in [6, 6.07) is 12.7. The van der Waals surface area contributed by atoms with Crippen LogP contribution in [0.25, 0.3) is 11.1 Å². The van der Waals surface area contributed by atoms with Crippen LogP contribution in [0.1, 0.15) is 16.7 Å². The number of nitrogens with two attached hydrogens (primary N) is 1. The maximum atomic E-state index is 12.0. The summed E-state index contributed by atoms with van der Waals surface area (Å²) in [5, 5.41) is 8.89. The third kappa shape index (κ3) is 2.28. The van der Waals surface area contributed by atoms with Gasteiger partial charge in [-0.25, -0.2) is 4.79 Å². The maximum absolute atomic E-state index is 12.0. The second kappa shape index (κ2) is 4.84. The Morgan fingerprint density at radius 3 is 2.81 bits per heavy atom. The van der Waals surface area contributed by atoms with Crippen molar-refractivity contribution in [3.05, 3.63) is 63.6 Å².